The number of hydrogen-bond acceptors (Lipinski definition) is 3. The number of nitrogens with one attached hydrogen (secondary N) is 2. The molecule has 0 aromatic rings. The molecule has 0 fully saturated rings. The van der Waals surface area contributed by atoms with Crippen LogP contribution in [0.25, 0.3) is 0 Å². The monoisotopic (exact) mass is 146 g/mol. The van der Waals surface area contributed by atoms with Crippen LogP contribution >= 0.6 is 0 Å². The van der Waals surface area contributed by atoms with Crippen molar-refractivity contribution in [2.45, 2.75) is 12.8 Å². The van der Waals surface area contributed by atoms with E-state index in [1.807, 2.05) is 0 Å². The van der Waals surface area contributed by atoms with Crippen LogP contribution in [-0.4, -0.2) is 24.1 Å². The first kappa shape index (κ1) is 8.90. The van der Waals surface area contributed by atoms with Crippen molar-refractivity contribution < 1.29 is 14.8 Å². The topological polar surface area (TPSA) is 78.4 Å². The Hall–Kier alpha value is -1.10. The fourth-order valence-corrected chi connectivity index (χ4v) is 0.408. The third-order valence-corrected chi connectivity index (χ3v) is 0.983. The van der Waals surface area contributed by atoms with Gasteiger partial charge in [0.1, 0.15) is 0 Å². The predicted octanol–water partition coefficient (Wildman–Crippen LogP) is -0.982. The molecule has 0 radical (unpaired) electrons. The molecule has 0 atom stereocenters. The summed E-state index contributed by atoms with van der Waals surface area (Å²) in [7, 11) is 1.49. The molecule has 0 heterocycles. The lowest BCUT2D eigenvalue weighted by atomic mass is 10.3. The van der Waals surface area contributed by atoms with Crippen molar-refractivity contribution >= 4 is 11.8 Å². The van der Waals surface area contributed by atoms with Gasteiger partial charge in [0.15, 0.2) is 0 Å². The number of carbonyl (C=O) groups is 2. The van der Waals surface area contributed by atoms with Crippen LogP contribution < -0.4 is 10.8 Å². The number of hydrogen-bond donors (Lipinski definition) is 3. The Labute approximate surface area is 58.4 Å². The molecule has 3 N–H and O–H groups in total. The third kappa shape index (κ3) is 3.85. The Kier molecular flexibility index (Phi) is 4.23. The molecule has 0 unspecified atom stereocenters. The van der Waals surface area contributed by atoms with Crippen LogP contribution in [0.15, 0.2) is 0 Å². The number of amides is 2. The quantitative estimate of drug-likeness (QED) is 0.353. The minimum Gasteiger partial charge on any atom is -0.359 e. The molecule has 0 aromatic heterocycles. The van der Waals surface area contributed by atoms with Crippen LogP contribution in [-0.2, 0) is 9.59 Å². The highest BCUT2D eigenvalue weighted by atomic mass is 16.5. The largest absolute Gasteiger partial charge is 0.359 e. The predicted molar refractivity (Wildman–Crippen MR) is 33.2 cm³/mol. The maximum Gasteiger partial charge on any atom is 0.243 e. The second kappa shape index (κ2) is 4.75. The highest BCUT2D eigenvalue weighted by Gasteiger charge is 2.02. The summed E-state index contributed by atoms with van der Waals surface area (Å²) in [4.78, 5) is 20.8. The van der Waals surface area contributed by atoms with Crippen molar-refractivity contribution in [1.82, 2.24) is 10.8 Å². The van der Waals surface area contributed by atoms with Gasteiger partial charge in [-0.1, -0.05) is 0 Å². The first-order chi connectivity index (χ1) is 4.70. The number of hydroxylamine groups is 1. The van der Waals surface area contributed by atoms with E-state index in [0.29, 0.717) is 0 Å². The van der Waals surface area contributed by atoms with Gasteiger partial charge in [0.05, 0.1) is 0 Å². The minimum atomic E-state index is -0.552. The SMILES string of the molecule is CNC(=O)CCC(=O)NO. The standard InChI is InChI=1S/C5H10N2O3/c1-6-4(8)2-3-5(9)7-10/h10H,2-3H2,1H3,(H,6,8)(H,7,9). The van der Waals surface area contributed by atoms with Crippen molar-refractivity contribution in [3.8, 4) is 0 Å². The van der Waals surface area contributed by atoms with Gasteiger partial charge in [-0.15, -0.1) is 0 Å². The summed E-state index contributed by atoms with van der Waals surface area (Å²) in [5.41, 5.74) is 1.43. The average molecular weight is 146 g/mol. The van der Waals surface area contributed by atoms with Gasteiger partial charge >= 0.3 is 0 Å². The lowest BCUT2D eigenvalue weighted by Crippen LogP contribution is -2.23. The summed E-state index contributed by atoms with van der Waals surface area (Å²) < 4.78 is 0. The molecule has 58 valence electrons. The highest BCUT2D eigenvalue weighted by molar-refractivity contribution is 5.82. The zero-order valence-electron chi connectivity index (χ0n) is 5.68. The lowest BCUT2D eigenvalue weighted by molar-refractivity contribution is -0.131. The smallest absolute Gasteiger partial charge is 0.243 e. The van der Waals surface area contributed by atoms with Crippen molar-refractivity contribution in [3.05, 3.63) is 0 Å². The Bertz CT molecular complexity index is 119. The molecule has 0 aromatic carbocycles. The zero-order valence-corrected chi connectivity index (χ0v) is 5.68. The fourth-order valence-electron chi connectivity index (χ4n) is 0.408. The van der Waals surface area contributed by atoms with Crippen LogP contribution in [0.5, 0.6) is 0 Å². The van der Waals surface area contributed by atoms with E-state index in [1.165, 1.54) is 12.5 Å². The minimum absolute atomic E-state index is 0.0101. The van der Waals surface area contributed by atoms with E-state index in [-0.39, 0.29) is 18.7 Å². The Morgan fingerprint density at radius 2 is 1.80 bits per heavy atom. The molecular formula is C5H10N2O3. The van der Waals surface area contributed by atoms with Crippen LogP contribution in [0.1, 0.15) is 12.8 Å². The lowest BCUT2D eigenvalue weighted by Gasteiger charge is -1.96. The molecule has 0 aliphatic rings. The van der Waals surface area contributed by atoms with E-state index in [0.717, 1.165) is 0 Å². The van der Waals surface area contributed by atoms with Crippen molar-refractivity contribution in [1.29, 1.82) is 0 Å². The van der Waals surface area contributed by atoms with E-state index in [9.17, 15) is 9.59 Å². The van der Waals surface area contributed by atoms with Gasteiger partial charge in [-0.25, -0.2) is 5.48 Å². The van der Waals surface area contributed by atoms with E-state index < -0.39 is 5.91 Å². The molecule has 0 rings (SSSR count). The van der Waals surface area contributed by atoms with Gasteiger partial charge in [0.2, 0.25) is 11.8 Å². The third-order valence-electron chi connectivity index (χ3n) is 0.983. The second-order valence-corrected chi connectivity index (χ2v) is 1.71. The van der Waals surface area contributed by atoms with Crippen LogP contribution in [0.4, 0.5) is 0 Å². The molecule has 0 bridgehead atoms. The number of rotatable bonds is 3. The summed E-state index contributed by atoms with van der Waals surface area (Å²) in [5.74, 6) is -0.771. The zero-order chi connectivity index (χ0) is 7.98. The van der Waals surface area contributed by atoms with Gasteiger partial charge in [-0.05, 0) is 0 Å². The van der Waals surface area contributed by atoms with Gasteiger partial charge in [0, 0.05) is 19.9 Å². The van der Waals surface area contributed by atoms with E-state index in [2.05, 4.69) is 5.32 Å². The molecule has 0 saturated carbocycles. The van der Waals surface area contributed by atoms with Crippen molar-refractivity contribution in [2.24, 2.45) is 0 Å². The number of carbonyl (C=O) groups excluding carboxylic acids is 2. The van der Waals surface area contributed by atoms with Crippen molar-refractivity contribution in [3.63, 3.8) is 0 Å². The maximum absolute atomic E-state index is 10.5. The van der Waals surface area contributed by atoms with E-state index >= 15 is 0 Å². The maximum atomic E-state index is 10.5. The molecule has 5 nitrogen and oxygen atoms in total. The van der Waals surface area contributed by atoms with Gasteiger partial charge in [-0.3, -0.25) is 14.8 Å². The first-order valence-electron chi connectivity index (χ1n) is 2.84. The Morgan fingerprint density at radius 3 is 2.20 bits per heavy atom. The molecule has 0 spiro atoms. The summed E-state index contributed by atoms with van der Waals surface area (Å²) in [5, 5.41) is 10.3. The van der Waals surface area contributed by atoms with Gasteiger partial charge in [0.25, 0.3) is 0 Å². The van der Waals surface area contributed by atoms with E-state index in [4.69, 9.17) is 5.21 Å². The molecular weight excluding hydrogens is 136 g/mol. The molecule has 5 heteroatoms. The molecule has 0 aliphatic carbocycles. The summed E-state index contributed by atoms with van der Waals surface area (Å²) >= 11 is 0. The van der Waals surface area contributed by atoms with Gasteiger partial charge in [-0.2, -0.15) is 0 Å². The van der Waals surface area contributed by atoms with Gasteiger partial charge < -0.3 is 5.32 Å². The van der Waals surface area contributed by atoms with Crippen LogP contribution in [0.3, 0.4) is 0 Å². The molecule has 2 amide bonds. The van der Waals surface area contributed by atoms with E-state index in [1.54, 1.807) is 0 Å². The highest BCUT2D eigenvalue weighted by Crippen LogP contribution is 1.86. The first-order valence-corrected chi connectivity index (χ1v) is 2.84. The molecule has 0 aliphatic heterocycles. The summed E-state index contributed by atoms with van der Waals surface area (Å²) in [6.45, 7) is 0. The van der Waals surface area contributed by atoms with Crippen molar-refractivity contribution in [2.75, 3.05) is 7.05 Å². The average Bonchev–Trinajstić information content (AvgIpc) is 1.99. The fraction of sp³-hybridized carbons (Fsp3) is 0.600. The Balaban J connectivity index is 3.35. The molecule has 0 saturated heterocycles. The van der Waals surface area contributed by atoms with Crippen LogP contribution in [0.2, 0.25) is 0 Å². The summed E-state index contributed by atoms with van der Waals surface area (Å²) in [6.07, 6.45) is 0.110. The Morgan fingerprint density at radius 1 is 1.30 bits per heavy atom. The van der Waals surface area contributed by atoms with Crippen LogP contribution in [0, 0.1) is 0 Å². The molecule has 10 heavy (non-hydrogen) atoms. The second-order valence-electron chi connectivity index (χ2n) is 1.71. The summed E-state index contributed by atoms with van der Waals surface area (Å²) in [6, 6.07) is 0. The normalized spacial score (nSPS) is 8.60.